The predicted molar refractivity (Wildman–Crippen MR) is 148 cm³/mol. The van der Waals surface area contributed by atoms with E-state index in [1.807, 2.05) is 18.2 Å². The molecule has 2 heterocycles. The second-order valence-corrected chi connectivity index (χ2v) is 11.3. The monoisotopic (exact) mass is 600 g/mol. The zero-order valence-electron chi connectivity index (χ0n) is 22.7. The molecule has 2 aromatic rings. The lowest BCUT2D eigenvalue weighted by Gasteiger charge is -2.31. The van der Waals surface area contributed by atoms with Gasteiger partial charge in [0.1, 0.15) is 0 Å². The Hall–Kier alpha value is -3.36. The molecule has 0 spiro atoms. The number of aryl methyl sites for hydroxylation is 1. The van der Waals surface area contributed by atoms with Crippen LogP contribution < -0.4 is 20.3 Å². The molecule has 1 amide bonds. The topological polar surface area (TPSA) is 137 Å². The van der Waals surface area contributed by atoms with Crippen molar-refractivity contribution in [3.8, 4) is 0 Å². The van der Waals surface area contributed by atoms with E-state index >= 15 is 0 Å². The average Bonchev–Trinajstić information content (AvgIpc) is 3.46. The van der Waals surface area contributed by atoms with Gasteiger partial charge in [-0.3, -0.25) is 9.52 Å². The third-order valence-corrected chi connectivity index (χ3v) is 7.87. The highest BCUT2D eigenvalue weighted by Crippen LogP contribution is 2.30. The number of ether oxygens (including phenoxy) is 1. The van der Waals surface area contributed by atoms with Gasteiger partial charge in [-0.25, -0.2) is 13.2 Å². The van der Waals surface area contributed by atoms with E-state index in [2.05, 4.69) is 27.2 Å². The normalized spacial score (nSPS) is 17.4. The number of aliphatic carboxylic acids is 1. The first-order valence-electron chi connectivity index (χ1n) is 13.3. The minimum absolute atomic E-state index is 0.0396. The third-order valence-electron chi connectivity index (χ3n) is 6.49. The Bertz CT molecular complexity index is 1280. The van der Waals surface area contributed by atoms with Gasteiger partial charge in [-0.15, -0.1) is 0 Å². The number of carboxylic acid groups (broad SMARTS) is 1. The van der Waals surface area contributed by atoms with E-state index in [4.69, 9.17) is 14.6 Å². The zero-order chi connectivity index (χ0) is 30.0. The minimum atomic E-state index is -5.08. The van der Waals surface area contributed by atoms with Crippen LogP contribution >= 0.6 is 0 Å². The number of anilines is 2. The highest BCUT2D eigenvalue weighted by Gasteiger charge is 2.38. The molecule has 4 N–H and O–H groups in total. The van der Waals surface area contributed by atoms with Crippen LogP contribution in [0.5, 0.6) is 0 Å². The number of rotatable bonds is 9. The van der Waals surface area contributed by atoms with E-state index in [0.29, 0.717) is 17.8 Å². The quantitative estimate of drug-likeness (QED) is 0.344. The highest BCUT2D eigenvalue weighted by atomic mass is 32.2. The maximum Gasteiger partial charge on any atom is 0.490 e. The molecule has 226 valence electrons. The lowest BCUT2D eigenvalue weighted by atomic mass is 10.1. The van der Waals surface area contributed by atoms with Crippen molar-refractivity contribution >= 4 is 33.3 Å². The Morgan fingerprint density at radius 2 is 1.78 bits per heavy atom. The van der Waals surface area contributed by atoms with E-state index in [1.165, 1.54) is 0 Å². The molecule has 0 aliphatic carbocycles. The first kappa shape index (κ1) is 32.2. The standard InChI is InChI=1S/C25H34N4O4S.C2HF3O2/c1-2-4-19-6-9-22(10-7-19)34(31,32)28-23-17-20(25(30)27-18-21-5-3-16-33-21)8-11-24(23)29-14-12-26-13-15-29;3-2(4,5)1(6)7/h6-11,17,21,26,28H,2-5,12-16,18H2,1H3,(H,27,30);(H,6,7). The van der Waals surface area contributed by atoms with Crippen molar-refractivity contribution in [3.05, 3.63) is 53.6 Å². The van der Waals surface area contributed by atoms with Crippen LogP contribution in [-0.4, -0.2) is 77.0 Å². The fraction of sp³-hybridized carbons (Fsp3) is 0.481. The van der Waals surface area contributed by atoms with Crippen molar-refractivity contribution in [2.75, 3.05) is 49.0 Å². The van der Waals surface area contributed by atoms with Crippen LogP contribution in [0.25, 0.3) is 0 Å². The Labute approximate surface area is 237 Å². The van der Waals surface area contributed by atoms with E-state index in [9.17, 15) is 26.4 Å². The number of alkyl halides is 3. The summed E-state index contributed by atoms with van der Waals surface area (Å²) in [7, 11) is -3.82. The largest absolute Gasteiger partial charge is 0.490 e. The van der Waals surface area contributed by atoms with Crippen LogP contribution in [0.2, 0.25) is 0 Å². The Kier molecular flexibility index (Phi) is 11.4. The molecule has 1 atom stereocenters. The molecule has 2 aliphatic heterocycles. The molecule has 10 nitrogen and oxygen atoms in total. The third kappa shape index (κ3) is 9.61. The molecule has 41 heavy (non-hydrogen) atoms. The maximum atomic E-state index is 13.2. The van der Waals surface area contributed by atoms with Crippen molar-refractivity contribution < 1.29 is 41.0 Å². The summed E-state index contributed by atoms with van der Waals surface area (Å²) in [6.45, 7) is 6.40. The van der Waals surface area contributed by atoms with Gasteiger partial charge in [0, 0.05) is 44.9 Å². The van der Waals surface area contributed by atoms with Crippen molar-refractivity contribution in [2.45, 2.75) is 49.8 Å². The van der Waals surface area contributed by atoms with Crippen LogP contribution in [0, 0.1) is 0 Å². The number of benzene rings is 2. The lowest BCUT2D eigenvalue weighted by Crippen LogP contribution is -2.43. The molecule has 2 fully saturated rings. The first-order chi connectivity index (χ1) is 19.4. The fourth-order valence-electron chi connectivity index (χ4n) is 4.38. The molecule has 1 unspecified atom stereocenters. The molecule has 0 bridgehead atoms. The summed E-state index contributed by atoms with van der Waals surface area (Å²) >= 11 is 0. The summed E-state index contributed by atoms with van der Waals surface area (Å²) in [6.07, 6.45) is -1.20. The molecular formula is C27H35F3N4O6S. The second-order valence-electron chi connectivity index (χ2n) is 9.62. The summed E-state index contributed by atoms with van der Waals surface area (Å²) in [5, 5.41) is 13.4. The number of carbonyl (C=O) groups excluding carboxylic acids is 1. The van der Waals surface area contributed by atoms with Gasteiger partial charge in [0.05, 0.1) is 22.4 Å². The zero-order valence-corrected chi connectivity index (χ0v) is 23.5. The second kappa shape index (κ2) is 14.5. The maximum absolute atomic E-state index is 13.2. The number of nitrogens with zero attached hydrogens (tertiary/aromatic N) is 1. The summed E-state index contributed by atoms with van der Waals surface area (Å²) in [4.78, 5) is 24.0. The van der Waals surface area contributed by atoms with Crippen molar-refractivity contribution in [1.82, 2.24) is 10.6 Å². The van der Waals surface area contributed by atoms with Gasteiger partial charge < -0.3 is 25.4 Å². The molecule has 14 heteroatoms. The smallest absolute Gasteiger partial charge is 0.475 e. The summed E-state index contributed by atoms with van der Waals surface area (Å²) in [5.41, 5.74) is 2.69. The average molecular weight is 601 g/mol. The fourth-order valence-corrected chi connectivity index (χ4v) is 5.45. The highest BCUT2D eigenvalue weighted by molar-refractivity contribution is 7.92. The molecule has 2 saturated heterocycles. The Morgan fingerprint density at radius 1 is 1.12 bits per heavy atom. The lowest BCUT2D eigenvalue weighted by molar-refractivity contribution is -0.192. The number of carboxylic acids is 1. The summed E-state index contributed by atoms with van der Waals surface area (Å²) in [6, 6.07) is 12.2. The van der Waals surface area contributed by atoms with Gasteiger partial charge in [0.25, 0.3) is 15.9 Å². The van der Waals surface area contributed by atoms with E-state index in [-0.39, 0.29) is 16.9 Å². The molecule has 4 rings (SSSR count). The van der Waals surface area contributed by atoms with Gasteiger partial charge in [-0.05, 0) is 55.2 Å². The van der Waals surface area contributed by atoms with Crippen LogP contribution in [-0.2, 0) is 26.0 Å². The first-order valence-corrected chi connectivity index (χ1v) is 14.8. The van der Waals surface area contributed by atoms with Gasteiger partial charge in [-0.2, -0.15) is 13.2 Å². The van der Waals surface area contributed by atoms with Crippen LogP contribution in [0.1, 0.15) is 42.1 Å². The van der Waals surface area contributed by atoms with Gasteiger partial charge in [0.15, 0.2) is 0 Å². The van der Waals surface area contributed by atoms with Crippen LogP contribution in [0.3, 0.4) is 0 Å². The molecule has 2 aliphatic rings. The van der Waals surface area contributed by atoms with Gasteiger partial charge in [0.2, 0.25) is 0 Å². The number of piperazine rings is 1. The van der Waals surface area contributed by atoms with E-state index in [1.54, 1.807) is 24.3 Å². The number of hydrogen-bond acceptors (Lipinski definition) is 7. The van der Waals surface area contributed by atoms with Crippen molar-refractivity contribution in [3.63, 3.8) is 0 Å². The molecule has 0 radical (unpaired) electrons. The Morgan fingerprint density at radius 3 is 2.34 bits per heavy atom. The Balaban J connectivity index is 0.000000587. The van der Waals surface area contributed by atoms with E-state index in [0.717, 1.165) is 69.7 Å². The number of halogens is 3. The van der Waals surface area contributed by atoms with E-state index < -0.39 is 22.2 Å². The van der Waals surface area contributed by atoms with Gasteiger partial charge in [-0.1, -0.05) is 25.5 Å². The SMILES string of the molecule is CCCc1ccc(S(=O)(=O)Nc2cc(C(=O)NCC3CCCO3)ccc2N2CCNCC2)cc1.O=C(O)C(F)(F)F. The number of hydrogen-bond donors (Lipinski definition) is 4. The molecular weight excluding hydrogens is 565 g/mol. The van der Waals surface area contributed by atoms with Crippen molar-refractivity contribution in [1.29, 1.82) is 0 Å². The summed E-state index contributed by atoms with van der Waals surface area (Å²) < 4.78 is 66.5. The molecule has 0 aromatic heterocycles. The summed E-state index contributed by atoms with van der Waals surface area (Å²) in [5.74, 6) is -3.00. The molecule has 2 aromatic carbocycles. The van der Waals surface area contributed by atoms with Crippen LogP contribution in [0.15, 0.2) is 47.4 Å². The molecule has 0 saturated carbocycles. The van der Waals surface area contributed by atoms with Crippen LogP contribution in [0.4, 0.5) is 24.5 Å². The van der Waals surface area contributed by atoms with Crippen molar-refractivity contribution in [2.24, 2.45) is 0 Å². The number of amides is 1. The minimum Gasteiger partial charge on any atom is -0.475 e. The number of sulfonamides is 1. The number of nitrogens with one attached hydrogen (secondary N) is 3. The predicted octanol–water partition coefficient (Wildman–Crippen LogP) is 3.39. The van der Waals surface area contributed by atoms with Gasteiger partial charge >= 0.3 is 12.1 Å². The number of carbonyl (C=O) groups is 2.